The van der Waals surface area contributed by atoms with Gasteiger partial charge >= 0.3 is 0 Å². The molecule has 0 aliphatic carbocycles. The fourth-order valence-electron chi connectivity index (χ4n) is 2.96. The van der Waals surface area contributed by atoms with Crippen LogP contribution in [0.5, 0.6) is 0 Å². The van der Waals surface area contributed by atoms with Gasteiger partial charge in [-0.2, -0.15) is 0 Å². The first kappa shape index (κ1) is 15.7. The van der Waals surface area contributed by atoms with E-state index in [0.29, 0.717) is 22.1 Å². The summed E-state index contributed by atoms with van der Waals surface area (Å²) < 4.78 is 14.6. The second kappa shape index (κ2) is 6.88. The van der Waals surface area contributed by atoms with Crippen LogP contribution in [0.25, 0.3) is 0 Å². The number of rotatable bonds is 4. The fraction of sp³-hybridized carbons (Fsp3) is 0.625. The number of aryl methyl sites for hydroxylation is 1. The molecular formula is C16H24ClFN2. The molecular weight excluding hydrogens is 275 g/mol. The van der Waals surface area contributed by atoms with Crippen molar-refractivity contribution in [2.24, 2.45) is 5.92 Å². The van der Waals surface area contributed by atoms with Crippen molar-refractivity contribution in [3.8, 4) is 0 Å². The Morgan fingerprint density at radius 3 is 2.60 bits per heavy atom. The van der Waals surface area contributed by atoms with E-state index >= 15 is 0 Å². The Bertz CT molecular complexity index is 458. The zero-order chi connectivity index (χ0) is 14.7. The molecule has 20 heavy (non-hydrogen) atoms. The first-order valence-electron chi connectivity index (χ1n) is 7.45. The van der Waals surface area contributed by atoms with Crippen LogP contribution in [0.3, 0.4) is 0 Å². The van der Waals surface area contributed by atoms with Crippen LogP contribution in [0.2, 0.25) is 5.02 Å². The summed E-state index contributed by atoms with van der Waals surface area (Å²) in [5, 5.41) is 3.90. The van der Waals surface area contributed by atoms with E-state index in [2.05, 4.69) is 24.1 Å². The van der Waals surface area contributed by atoms with Gasteiger partial charge in [0.1, 0.15) is 5.82 Å². The molecule has 1 N–H and O–H groups in total. The quantitative estimate of drug-likeness (QED) is 0.910. The molecule has 112 valence electrons. The van der Waals surface area contributed by atoms with Crippen LogP contribution in [0.4, 0.5) is 4.39 Å². The minimum absolute atomic E-state index is 0.0644. The predicted molar refractivity (Wildman–Crippen MR) is 82.8 cm³/mol. The highest BCUT2D eigenvalue weighted by atomic mass is 35.5. The lowest BCUT2D eigenvalue weighted by Gasteiger charge is -2.39. The minimum atomic E-state index is -0.138. The maximum absolute atomic E-state index is 14.6. The standard InChI is InChI=1S/C16H24ClFN2/c1-4-11(2)16(20-9-7-19-8-10-20)14-13(17)6-5-12(3)15(14)18/h5-6,11,16,19H,4,7-10H2,1-3H3/t11?,16-/m0/s1. The Kier molecular flexibility index (Phi) is 5.42. The van der Waals surface area contributed by atoms with Gasteiger partial charge in [-0.05, 0) is 24.5 Å². The molecule has 0 radical (unpaired) electrons. The van der Waals surface area contributed by atoms with Crippen LogP contribution in [0, 0.1) is 18.7 Å². The molecule has 1 aromatic carbocycles. The Morgan fingerprint density at radius 1 is 1.35 bits per heavy atom. The van der Waals surface area contributed by atoms with Crippen molar-refractivity contribution in [3.63, 3.8) is 0 Å². The summed E-state index contributed by atoms with van der Waals surface area (Å²) in [5.41, 5.74) is 1.36. The number of piperazine rings is 1. The summed E-state index contributed by atoms with van der Waals surface area (Å²) in [7, 11) is 0. The fourth-order valence-corrected chi connectivity index (χ4v) is 3.22. The summed E-state index contributed by atoms with van der Waals surface area (Å²) in [5.74, 6) is 0.239. The molecule has 2 nitrogen and oxygen atoms in total. The molecule has 0 amide bonds. The smallest absolute Gasteiger partial charge is 0.132 e. The third-order valence-corrected chi connectivity index (χ3v) is 4.67. The molecule has 1 unspecified atom stereocenters. The van der Waals surface area contributed by atoms with Gasteiger partial charge in [0.2, 0.25) is 0 Å². The van der Waals surface area contributed by atoms with E-state index < -0.39 is 0 Å². The number of nitrogens with one attached hydrogen (secondary N) is 1. The van der Waals surface area contributed by atoms with Crippen molar-refractivity contribution < 1.29 is 4.39 Å². The van der Waals surface area contributed by atoms with Crippen molar-refractivity contribution in [3.05, 3.63) is 34.1 Å². The van der Waals surface area contributed by atoms with E-state index in [1.54, 1.807) is 13.0 Å². The highest BCUT2D eigenvalue weighted by Crippen LogP contribution is 2.37. The molecule has 2 atom stereocenters. The van der Waals surface area contributed by atoms with Gasteiger partial charge < -0.3 is 5.32 Å². The van der Waals surface area contributed by atoms with Crippen LogP contribution < -0.4 is 5.32 Å². The summed E-state index contributed by atoms with van der Waals surface area (Å²) in [6, 6.07) is 3.65. The summed E-state index contributed by atoms with van der Waals surface area (Å²) in [6.07, 6.45) is 1.01. The van der Waals surface area contributed by atoms with Crippen molar-refractivity contribution in [2.45, 2.75) is 33.2 Å². The topological polar surface area (TPSA) is 15.3 Å². The monoisotopic (exact) mass is 298 g/mol. The van der Waals surface area contributed by atoms with E-state index in [-0.39, 0.29) is 11.9 Å². The minimum Gasteiger partial charge on any atom is -0.314 e. The summed E-state index contributed by atoms with van der Waals surface area (Å²) in [6.45, 7) is 9.94. The number of benzene rings is 1. The predicted octanol–water partition coefficient (Wildman–Crippen LogP) is 3.78. The maximum atomic E-state index is 14.6. The third kappa shape index (κ3) is 3.16. The van der Waals surface area contributed by atoms with E-state index in [1.807, 2.05) is 6.07 Å². The SMILES string of the molecule is CCC(C)[C@@H](c1c(Cl)ccc(C)c1F)N1CCNCC1. The van der Waals surface area contributed by atoms with E-state index in [0.717, 1.165) is 32.6 Å². The second-order valence-corrected chi connectivity index (χ2v) is 6.12. The molecule has 2 rings (SSSR count). The maximum Gasteiger partial charge on any atom is 0.132 e. The van der Waals surface area contributed by atoms with Crippen LogP contribution >= 0.6 is 11.6 Å². The Morgan fingerprint density at radius 2 is 2.00 bits per heavy atom. The van der Waals surface area contributed by atoms with Gasteiger partial charge in [-0.1, -0.05) is 37.9 Å². The number of nitrogens with zero attached hydrogens (tertiary/aromatic N) is 1. The highest BCUT2D eigenvalue weighted by molar-refractivity contribution is 6.31. The van der Waals surface area contributed by atoms with E-state index in [1.165, 1.54) is 0 Å². The number of hydrogen-bond acceptors (Lipinski definition) is 2. The first-order valence-corrected chi connectivity index (χ1v) is 7.83. The van der Waals surface area contributed by atoms with Crippen molar-refractivity contribution >= 4 is 11.6 Å². The van der Waals surface area contributed by atoms with Crippen LogP contribution in [-0.2, 0) is 0 Å². The average molecular weight is 299 g/mol. The van der Waals surface area contributed by atoms with Gasteiger partial charge in [0, 0.05) is 42.8 Å². The van der Waals surface area contributed by atoms with Crippen LogP contribution in [-0.4, -0.2) is 31.1 Å². The second-order valence-electron chi connectivity index (χ2n) is 5.71. The highest BCUT2D eigenvalue weighted by Gasteiger charge is 2.30. The molecule has 1 heterocycles. The summed E-state index contributed by atoms with van der Waals surface area (Å²) in [4.78, 5) is 2.37. The van der Waals surface area contributed by atoms with Gasteiger partial charge in [0.15, 0.2) is 0 Å². The zero-order valence-electron chi connectivity index (χ0n) is 12.5. The molecule has 4 heteroatoms. The van der Waals surface area contributed by atoms with Gasteiger partial charge in [-0.25, -0.2) is 4.39 Å². The molecule has 0 saturated carbocycles. The van der Waals surface area contributed by atoms with Crippen molar-refractivity contribution in [1.29, 1.82) is 0 Å². The third-order valence-electron chi connectivity index (χ3n) is 4.34. The molecule has 1 aliphatic rings. The van der Waals surface area contributed by atoms with Gasteiger partial charge in [-0.3, -0.25) is 4.90 Å². The summed E-state index contributed by atoms with van der Waals surface area (Å²) >= 11 is 6.33. The molecule has 1 saturated heterocycles. The van der Waals surface area contributed by atoms with E-state index in [4.69, 9.17) is 11.6 Å². The zero-order valence-corrected chi connectivity index (χ0v) is 13.3. The largest absolute Gasteiger partial charge is 0.314 e. The Balaban J connectivity index is 2.43. The molecule has 1 aliphatic heterocycles. The first-order chi connectivity index (χ1) is 9.56. The lowest BCUT2D eigenvalue weighted by Crippen LogP contribution is -2.47. The molecule has 1 aromatic rings. The lowest BCUT2D eigenvalue weighted by atomic mass is 9.89. The van der Waals surface area contributed by atoms with E-state index in [9.17, 15) is 4.39 Å². The molecule has 0 spiro atoms. The normalized spacial score (nSPS) is 19.9. The Hall–Kier alpha value is -0.640. The molecule has 1 fully saturated rings. The van der Waals surface area contributed by atoms with Crippen LogP contribution in [0.15, 0.2) is 12.1 Å². The lowest BCUT2D eigenvalue weighted by molar-refractivity contribution is 0.125. The average Bonchev–Trinajstić information content (AvgIpc) is 2.48. The number of hydrogen-bond donors (Lipinski definition) is 1. The van der Waals surface area contributed by atoms with Gasteiger partial charge in [-0.15, -0.1) is 0 Å². The molecule has 0 aromatic heterocycles. The van der Waals surface area contributed by atoms with Gasteiger partial charge in [0.25, 0.3) is 0 Å². The van der Waals surface area contributed by atoms with Gasteiger partial charge in [0.05, 0.1) is 0 Å². The Labute approximate surface area is 126 Å². The van der Waals surface area contributed by atoms with Crippen LogP contribution in [0.1, 0.15) is 37.4 Å². The number of halogens is 2. The molecule has 0 bridgehead atoms. The van der Waals surface area contributed by atoms with Crippen molar-refractivity contribution in [1.82, 2.24) is 10.2 Å². The van der Waals surface area contributed by atoms with Crippen molar-refractivity contribution in [2.75, 3.05) is 26.2 Å².